The van der Waals surface area contributed by atoms with E-state index < -0.39 is 15.8 Å². The molecule has 4 rings (SSSR count). The van der Waals surface area contributed by atoms with Gasteiger partial charge >= 0.3 is 0 Å². The van der Waals surface area contributed by atoms with Gasteiger partial charge in [0.15, 0.2) is 0 Å². The van der Waals surface area contributed by atoms with E-state index in [1.807, 2.05) is 0 Å². The summed E-state index contributed by atoms with van der Waals surface area (Å²) in [7, 11) is -2.09. The van der Waals surface area contributed by atoms with Crippen molar-refractivity contribution in [3.63, 3.8) is 0 Å². The molecule has 0 bridgehead atoms. The lowest BCUT2D eigenvalue weighted by Gasteiger charge is -2.21. The average molecular weight is 357 g/mol. The van der Waals surface area contributed by atoms with Gasteiger partial charge in [0.1, 0.15) is 0 Å². The number of nitrogens with zero attached hydrogens (tertiary/aromatic N) is 1. The summed E-state index contributed by atoms with van der Waals surface area (Å²) >= 11 is 6.15. The van der Waals surface area contributed by atoms with Gasteiger partial charge in [-0.05, 0) is 42.4 Å². The van der Waals surface area contributed by atoms with Crippen LogP contribution in [0.4, 0.5) is 0 Å². The van der Waals surface area contributed by atoms with Gasteiger partial charge in [-0.3, -0.25) is 5.10 Å². The Morgan fingerprint density at radius 1 is 1.39 bits per heavy atom. The summed E-state index contributed by atoms with van der Waals surface area (Å²) in [5, 5.41) is 19.4. The molecule has 2 aliphatic rings. The van der Waals surface area contributed by atoms with E-state index in [-0.39, 0.29) is 17.9 Å². The van der Waals surface area contributed by atoms with Gasteiger partial charge in [0, 0.05) is 23.5 Å². The van der Waals surface area contributed by atoms with Crippen LogP contribution >= 0.6 is 11.6 Å². The highest BCUT2D eigenvalue weighted by Crippen LogP contribution is 2.67. The van der Waals surface area contributed by atoms with E-state index in [2.05, 4.69) is 19.6 Å². The number of benzene rings is 1. The minimum atomic E-state index is -3.46. The van der Waals surface area contributed by atoms with Crippen molar-refractivity contribution >= 4 is 32.7 Å². The van der Waals surface area contributed by atoms with Crippen LogP contribution in [0.2, 0.25) is 5.02 Å². The van der Waals surface area contributed by atoms with Crippen LogP contribution in [0.5, 0.6) is 0 Å². The molecule has 0 spiro atoms. The second-order valence-corrected chi connectivity index (χ2v) is 8.40. The highest BCUT2D eigenvalue weighted by atomic mass is 35.5. The summed E-state index contributed by atoms with van der Waals surface area (Å²) in [6, 6.07) is 3.41. The van der Waals surface area contributed by atoms with Gasteiger partial charge in [0.25, 0.3) is 10.2 Å². The van der Waals surface area contributed by atoms with E-state index in [1.165, 1.54) is 7.05 Å². The second-order valence-electron chi connectivity index (χ2n) is 6.32. The Morgan fingerprint density at radius 3 is 2.74 bits per heavy atom. The molecule has 23 heavy (non-hydrogen) atoms. The normalized spacial score (nSPS) is 33.1. The number of fused-ring (bicyclic) bond motifs is 2. The first-order valence-corrected chi connectivity index (χ1v) is 9.27. The van der Waals surface area contributed by atoms with Gasteiger partial charge < -0.3 is 5.11 Å². The summed E-state index contributed by atoms with van der Waals surface area (Å²) in [6.45, 7) is 0. The molecule has 2 aromatic rings. The predicted molar refractivity (Wildman–Crippen MR) is 86.1 cm³/mol. The average Bonchev–Trinajstić information content (AvgIpc) is 2.93. The lowest BCUT2D eigenvalue weighted by atomic mass is 9.95. The summed E-state index contributed by atoms with van der Waals surface area (Å²) in [6.07, 6.45) is 2.90. The highest BCUT2D eigenvalue weighted by molar-refractivity contribution is 7.87. The zero-order valence-corrected chi connectivity index (χ0v) is 13.9. The number of aliphatic hydroxyl groups is 1. The third-order valence-corrected chi connectivity index (χ3v) is 6.53. The van der Waals surface area contributed by atoms with E-state index in [9.17, 15) is 13.5 Å². The highest BCUT2D eigenvalue weighted by Gasteiger charge is 2.69. The van der Waals surface area contributed by atoms with Crippen molar-refractivity contribution in [3.05, 3.63) is 28.9 Å². The van der Waals surface area contributed by atoms with Crippen molar-refractivity contribution < 1.29 is 13.5 Å². The van der Waals surface area contributed by atoms with Crippen LogP contribution in [0.1, 0.15) is 18.4 Å². The van der Waals surface area contributed by atoms with Gasteiger partial charge in [-0.2, -0.15) is 18.2 Å². The zero-order chi connectivity index (χ0) is 16.4. The Bertz CT molecular complexity index is 869. The molecule has 4 N–H and O–H groups in total. The van der Waals surface area contributed by atoms with Crippen LogP contribution in [0.3, 0.4) is 0 Å². The fourth-order valence-corrected chi connectivity index (χ4v) is 5.01. The molecule has 1 heterocycles. The Labute approximate surface area is 138 Å². The van der Waals surface area contributed by atoms with Crippen LogP contribution in [-0.4, -0.2) is 36.8 Å². The molecule has 1 aromatic carbocycles. The topological polar surface area (TPSA) is 107 Å². The molecular formula is C14H17ClN4O3S. The summed E-state index contributed by atoms with van der Waals surface area (Å²) < 4.78 is 28.0. The molecule has 2 fully saturated rings. The Kier molecular flexibility index (Phi) is 3.27. The largest absolute Gasteiger partial charge is 0.385 e. The monoisotopic (exact) mass is 356 g/mol. The molecule has 2 saturated carbocycles. The number of aromatic nitrogens is 2. The van der Waals surface area contributed by atoms with Crippen molar-refractivity contribution in [3.8, 4) is 0 Å². The number of H-pyrrole nitrogens is 1. The fourth-order valence-electron chi connectivity index (χ4n) is 4.04. The lowest BCUT2D eigenvalue weighted by Crippen LogP contribution is -2.41. The van der Waals surface area contributed by atoms with E-state index in [0.717, 1.165) is 16.5 Å². The van der Waals surface area contributed by atoms with Gasteiger partial charge in [-0.25, -0.2) is 4.72 Å². The van der Waals surface area contributed by atoms with Gasteiger partial charge in [-0.15, -0.1) is 0 Å². The molecule has 0 amide bonds. The van der Waals surface area contributed by atoms with Crippen molar-refractivity contribution in [1.29, 1.82) is 0 Å². The molecule has 9 heteroatoms. The molecule has 0 radical (unpaired) electrons. The third-order valence-electron chi connectivity index (χ3n) is 5.13. The fraction of sp³-hybridized carbons (Fsp3) is 0.500. The number of nitrogens with one attached hydrogen (secondary N) is 3. The first kappa shape index (κ1) is 15.3. The van der Waals surface area contributed by atoms with E-state index in [4.69, 9.17) is 11.6 Å². The Balaban J connectivity index is 1.60. The SMILES string of the molecule is CNS(=O)(=O)N[C@@H]1C[C@@H]2[C@H](C1)[C@]2(O)c1cc(Cl)cc2[nH]ncc12. The Morgan fingerprint density at radius 2 is 2.09 bits per heavy atom. The maximum atomic E-state index is 11.6. The van der Waals surface area contributed by atoms with Crippen molar-refractivity contribution in [2.45, 2.75) is 24.5 Å². The molecular weight excluding hydrogens is 340 g/mol. The Hall–Kier alpha value is -1.19. The smallest absolute Gasteiger partial charge is 0.276 e. The van der Waals surface area contributed by atoms with E-state index >= 15 is 0 Å². The van der Waals surface area contributed by atoms with E-state index in [0.29, 0.717) is 17.9 Å². The maximum Gasteiger partial charge on any atom is 0.276 e. The first-order chi connectivity index (χ1) is 10.8. The van der Waals surface area contributed by atoms with Gasteiger partial charge in [0.05, 0.1) is 17.3 Å². The minimum absolute atomic E-state index is 0.0311. The van der Waals surface area contributed by atoms with Gasteiger partial charge in [0.2, 0.25) is 0 Å². The number of hydrogen-bond acceptors (Lipinski definition) is 4. The van der Waals surface area contributed by atoms with Crippen molar-refractivity contribution in [2.75, 3.05) is 7.05 Å². The standard InChI is InChI=1S/C14H17ClN4O3S/c1-16-23(21,22)19-8-4-11-12(5-8)14(11,20)10-2-7(15)3-13-9(10)6-17-18-13/h2-3,6,8,11-12,16,19-20H,4-5H2,1H3,(H,17,18)/t8-,11-,12+,14+. The van der Waals surface area contributed by atoms with Crippen LogP contribution in [0.25, 0.3) is 10.9 Å². The zero-order valence-electron chi connectivity index (χ0n) is 12.4. The lowest BCUT2D eigenvalue weighted by molar-refractivity contribution is 0.103. The quantitative estimate of drug-likeness (QED) is 0.652. The number of aromatic amines is 1. The molecule has 124 valence electrons. The molecule has 1 aromatic heterocycles. The van der Waals surface area contributed by atoms with Crippen molar-refractivity contribution in [2.24, 2.45) is 11.8 Å². The third kappa shape index (κ3) is 2.28. The molecule has 4 atom stereocenters. The van der Waals surface area contributed by atoms with Crippen LogP contribution in [0.15, 0.2) is 18.3 Å². The van der Waals surface area contributed by atoms with Crippen LogP contribution in [0, 0.1) is 11.8 Å². The van der Waals surface area contributed by atoms with Crippen LogP contribution < -0.4 is 9.44 Å². The molecule has 0 aliphatic heterocycles. The predicted octanol–water partition coefficient (Wildman–Crippen LogP) is 0.866. The summed E-state index contributed by atoms with van der Waals surface area (Å²) in [4.78, 5) is 0. The number of rotatable bonds is 4. The molecule has 7 nitrogen and oxygen atoms in total. The van der Waals surface area contributed by atoms with Gasteiger partial charge in [-0.1, -0.05) is 11.6 Å². The molecule has 2 aliphatic carbocycles. The maximum absolute atomic E-state index is 11.6. The summed E-state index contributed by atoms with van der Waals surface area (Å²) in [5.41, 5.74) is 0.617. The van der Waals surface area contributed by atoms with Crippen LogP contribution in [-0.2, 0) is 15.8 Å². The minimum Gasteiger partial charge on any atom is -0.385 e. The van der Waals surface area contributed by atoms with E-state index in [1.54, 1.807) is 18.3 Å². The first-order valence-electron chi connectivity index (χ1n) is 7.41. The number of hydrogen-bond donors (Lipinski definition) is 4. The number of halogens is 1. The summed E-state index contributed by atoms with van der Waals surface area (Å²) in [5.74, 6) is 0.0623. The second kappa shape index (κ2) is 4.90. The molecule has 0 unspecified atom stereocenters. The molecule has 0 saturated heterocycles. The van der Waals surface area contributed by atoms with Crippen molar-refractivity contribution in [1.82, 2.24) is 19.6 Å².